The molecule has 0 amide bonds. The van der Waals surface area contributed by atoms with Crippen molar-refractivity contribution in [1.82, 2.24) is 0 Å². The van der Waals surface area contributed by atoms with Crippen LogP contribution in [-0.2, 0) is 30.6 Å². The van der Waals surface area contributed by atoms with E-state index in [1.807, 2.05) is 37.3 Å². The van der Waals surface area contributed by atoms with E-state index < -0.39 is 11.9 Å². The summed E-state index contributed by atoms with van der Waals surface area (Å²) in [4.78, 5) is 10.6. The quantitative estimate of drug-likeness (QED) is 0.569. The van der Waals surface area contributed by atoms with Crippen LogP contribution in [0.5, 0.6) is 0 Å². The molecule has 0 saturated carbocycles. The summed E-state index contributed by atoms with van der Waals surface area (Å²) in [5, 5.41) is 10.6. The molecule has 1 unspecified atom stereocenters. The van der Waals surface area contributed by atoms with E-state index >= 15 is 0 Å². The van der Waals surface area contributed by atoms with E-state index in [0.29, 0.717) is 6.42 Å². The summed E-state index contributed by atoms with van der Waals surface area (Å²) in [5.41, 5.74) is 0.819. The van der Waals surface area contributed by atoms with Crippen molar-refractivity contribution in [1.29, 1.82) is 0 Å². The van der Waals surface area contributed by atoms with Crippen LogP contribution in [0, 0.1) is 0 Å². The summed E-state index contributed by atoms with van der Waals surface area (Å²) in [6, 6.07) is 9.15. The van der Waals surface area contributed by atoms with Gasteiger partial charge in [0.2, 0.25) is 0 Å². The Hall–Kier alpha value is -0.150. The molecular formula is C10H11ClHfO2-2. The summed E-state index contributed by atoms with van der Waals surface area (Å²) in [7, 11) is 0. The molecule has 0 bridgehead atoms. The normalized spacial score (nSPS) is 10.6. The van der Waals surface area contributed by atoms with Crippen molar-refractivity contribution in [2.24, 2.45) is 0 Å². The zero-order valence-electron chi connectivity index (χ0n) is 7.87. The van der Waals surface area contributed by atoms with E-state index in [-0.39, 0.29) is 38.3 Å². The van der Waals surface area contributed by atoms with Crippen molar-refractivity contribution >= 4 is 5.97 Å². The van der Waals surface area contributed by atoms with E-state index in [1.54, 1.807) is 0 Å². The van der Waals surface area contributed by atoms with Crippen LogP contribution < -0.4 is 17.5 Å². The van der Waals surface area contributed by atoms with Crippen LogP contribution in [-0.4, -0.2) is 5.97 Å². The molecule has 76 valence electrons. The molecule has 4 heteroatoms. The molecule has 0 aromatic heterocycles. The first-order valence-corrected chi connectivity index (χ1v) is 4.01. The van der Waals surface area contributed by atoms with E-state index in [9.17, 15) is 9.90 Å². The number of halogens is 1. The maximum absolute atomic E-state index is 10.6. The van der Waals surface area contributed by atoms with Gasteiger partial charge in [0.15, 0.2) is 0 Å². The molecule has 2 nitrogen and oxygen atoms in total. The molecule has 0 N–H and O–H groups in total. The number of hydrogen-bond donors (Lipinski definition) is 0. The van der Waals surface area contributed by atoms with Gasteiger partial charge in [-0.25, -0.2) is 0 Å². The minimum atomic E-state index is -0.997. The van der Waals surface area contributed by atoms with Crippen molar-refractivity contribution in [3.8, 4) is 0 Å². The first-order chi connectivity index (χ1) is 5.75. The second-order valence-electron chi connectivity index (χ2n) is 2.69. The van der Waals surface area contributed by atoms with Gasteiger partial charge in [0.25, 0.3) is 0 Å². The molecular weight excluding hydrogens is 366 g/mol. The van der Waals surface area contributed by atoms with E-state index in [1.165, 1.54) is 0 Å². The Bertz CT molecular complexity index is 264. The average Bonchev–Trinajstić information content (AvgIpc) is 2.07. The van der Waals surface area contributed by atoms with Gasteiger partial charge in [0.05, 0.1) is 0 Å². The molecule has 1 atom stereocenters. The Morgan fingerprint density at radius 2 is 1.86 bits per heavy atom. The Labute approximate surface area is 109 Å². The summed E-state index contributed by atoms with van der Waals surface area (Å²) in [5.74, 6) is -1.46. The first-order valence-electron chi connectivity index (χ1n) is 4.01. The minimum Gasteiger partial charge on any atom is -1.00 e. The third-order valence-electron chi connectivity index (χ3n) is 1.89. The second-order valence-corrected chi connectivity index (χ2v) is 2.69. The summed E-state index contributed by atoms with van der Waals surface area (Å²) in [6.07, 6.45) is 0.576. The van der Waals surface area contributed by atoms with Crippen molar-refractivity contribution < 1.29 is 48.2 Å². The van der Waals surface area contributed by atoms with Gasteiger partial charge in [-0.3, -0.25) is 0 Å². The molecule has 0 aliphatic rings. The van der Waals surface area contributed by atoms with Gasteiger partial charge in [-0.2, -0.15) is 0 Å². The monoisotopic (exact) mass is 378 g/mol. The zero-order valence-corrected chi connectivity index (χ0v) is 12.2. The van der Waals surface area contributed by atoms with Crippen LogP contribution in [0.3, 0.4) is 0 Å². The van der Waals surface area contributed by atoms with Crippen molar-refractivity contribution in [2.45, 2.75) is 19.3 Å². The fraction of sp³-hybridized carbons (Fsp3) is 0.300. The largest absolute Gasteiger partial charge is 1.00 e. The van der Waals surface area contributed by atoms with Gasteiger partial charge in [-0.05, 0) is 12.0 Å². The van der Waals surface area contributed by atoms with Crippen LogP contribution in [0.4, 0.5) is 0 Å². The van der Waals surface area contributed by atoms with Gasteiger partial charge in [-0.15, -0.1) is 0 Å². The summed E-state index contributed by atoms with van der Waals surface area (Å²) >= 11 is 0. The molecule has 0 aliphatic carbocycles. The predicted octanol–water partition coefficient (Wildman–Crippen LogP) is -2.07. The molecule has 14 heavy (non-hydrogen) atoms. The Morgan fingerprint density at radius 1 is 1.36 bits per heavy atom. The first kappa shape index (κ1) is 16.3. The maximum Gasteiger partial charge on any atom is 0.0489 e. The number of aliphatic carboxylic acids is 1. The summed E-state index contributed by atoms with van der Waals surface area (Å²) in [6.45, 7) is 1.84. The smallest absolute Gasteiger partial charge is 0.0489 e. The Balaban J connectivity index is 0. The molecule has 1 aromatic carbocycles. The summed E-state index contributed by atoms with van der Waals surface area (Å²) < 4.78 is 0. The standard InChI is InChI=1S/C10H12O2.ClH.Hf/c1-2-9(10(11)12)8-6-4-3-5-7-8;;/h3-7,9H,2H2,1H3,(H,11,12);1H;/p-2. The van der Waals surface area contributed by atoms with E-state index in [0.717, 1.165) is 5.56 Å². The van der Waals surface area contributed by atoms with Crippen LogP contribution >= 0.6 is 0 Å². The van der Waals surface area contributed by atoms with Gasteiger partial charge < -0.3 is 22.3 Å². The fourth-order valence-electron chi connectivity index (χ4n) is 1.22. The topological polar surface area (TPSA) is 40.1 Å². The third-order valence-corrected chi connectivity index (χ3v) is 1.89. The number of carboxylic acid groups (broad SMARTS) is 1. The van der Waals surface area contributed by atoms with Crippen LogP contribution in [0.15, 0.2) is 30.3 Å². The second kappa shape index (κ2) is 8.18. The Kier molecular flexibility index (Phi) is 9.52. The molecule has 0 aliphatic heterocycles. The average molecular weight is 377 g/mol. The third kappa shape index (κ3) is 4.38. The van der Waals surface area contributed by atoms with Crippen LogP contribution in [0.2, 0.25) is 0 Å². The molecule has 0 radical (unpaired) electrons. The van der Waals surface area contributed by atoms with Gasteiger partial charge in [-0.1, -0.05) is 37.3 Å². The van der Waals surface area contributed by atoms with Crippen molar-refractivity contribution in [3.63, 3.8) is 0 Å². The van der Waals surface area contributed by atoms with Crippen molar-refractivity contribution in [2.75, 3.05) is 0 Å². The number of carboxylic acids is 1. The SMILES string of the molecule is CCC(C(=O)[O-])c1ccccc1.[Cl-].[Hf]. The molecule has 0 fully saturated rings. The Morgan fingerprint density at radius 3 is 2.21 bits per heavy atom. The minimum absolute atomic E-state index is 0. The number of benzene rings is 1. The van der Waals surface area contributed by atoms with Gasteiger partial charge >= 0.3 is 0 Å². The van der Waals surface area contributed by atoms with E-state index in [2.05, 4.69) is 0 Å². The molecule has 0 heterocycles. The van der Waals surface area contributed by atoms with Crippen LogP contribution in [0.1, 0.15) is 24.8 Å². The number of carbonyl (C=O) groups excluding carboxylic acids is 1. The molecule has 0 saturated heterocycles. The number of rotatable bonds is 3. The maximum atomic E-state index is 10.6. The fourth-order valence-corrected chi connectivity index (χ4v) is 1.22. The van der Waals surface area contributed by atoms with Crippen molar-refractivity contribution in [3.05, 3.63) is 35.9 Å². The molecule has 0 spiro atoms. The predicted molar refractivity (Wildman–Crippen MR) is 44.5 cm³/mol. The van der Waals surface area contributed by atoms with Gasteiger partial charge in [0.1, 0.15) is 0 Å². The van der Waals surface area contributed by atoms with E-state index in [4.69, 9.17) is 0 Å². The van der Waals surface area contributed by atoms with Crippen LogP contribution in [0.25, 0.3) is 0 Å². The molecule has 1 aromatic rings. The number of carbonyl (C=O) groups is 1. The molecule has 1 rings (SSSR count). The van der Waals surface area contributed by atoms with Gasteiger partial charge in [0, 0.05) is 37.7 Å². The zero-order chi connectivity index (χ0) is 8.97. The number of hydrogen-bond acceptors (Lipinski definition) is 2.